The van der Waals surface area contributed by atoms with Crippen molar-refractivity contribution < 1.29 is 9.59 Å². The van der Waals surface area contributed by atoms with Crippen molar-refractivity contribution in [3.05, 3.63) is 52.3 Å². The van der Waals surface area contributed by atoms with Crippen LogP contribution in [0.1, 0.15) is 46.7 Å². The van der Waals surface area contributed by atoms with Crippen LogP contribution in [0, 0.1) is 27.7 Å². The van der Waals surface area contributed by atoms with E-state index in [2.05, 4.69) is 58.7 Å². The molecule has 1 aromatic carbocycles. The Hall–Kier alpha value is -2.44. The molecule has 0 saturated carbocycles. The minimum atomic E-state index is 0.0679. The number of nitrogens with zero attached hydrogens (tertiary/aromatic N) is 3. The molecule has 1 amide bonds. The molecular weight excluding hydrogens is 388 g/mol. The van der Waals surface area contributed by atoms with Gasteiger partial charge in [-0.05, 0) is 70.9 Å². The molecule has 0 aliphatic carbocycles. The summed E-state index contributed by atoms with van der Waals surface area (Å²) in [5, 5.41) is 2.94. The van der Waals surface area contributed by atoms with Crippen LogP contribution in [-0.4, -0.2) is 71.4 Å². The average molecular weight is 425 g/mol. The standard InChI is InChI=1S/C25H36N4O2/c1-17(2)26-25(31)16-28-11-9-27(10-12-28)15-24(30)23-14-20(5)29(21(23)6)22-8-7-18(3)19(4)13-22/h7-8,13-14,17H,9-12,15-16H2,1-6H3,(H,26,31). The molecular formula is C25H36N4O2. The zero-order valence-electron chi connectivity index (χ0n) is 19.8. The number of ketones is 1. The van der Waals surface area contributed by atoms with Gasteiger partial charge in [-0.25, -0.2) is 0 Å². The Morgan fingerprint density at radius 2 is 1.52 bits per heavy atom. The zero-order chi connectivity index (χ0) is 22.7. The summed E-state index contributed by atoms with van der Waals surface area (Å²) in [7, 11) is 0. The maximum atomic E-state index is 13.1. The van der Waals surface area contributed by atoms with Crippen LogP contribution in [0.5, 0.6) is 0 Å². The van der Waals surface area contributed by atoms with Crippen LogP contribution in [0.3, 0.4) is 0 Å². The average Bonchev–Trinajstić information content (AvgIpc) is 2.99. The molecule has 2 heterocycles. The first-order valence-corrected chi connectivity index (χ1v) is 11.2. The van der Waals surface area contributed by atoms with E-state index in [9.17, 15) is 9.59 Å². The van der Waals surface area contributed by atoms with Gasteiger partial charge >= 0.3 is 0 Å². The van der Waals surface area contributed by atoms with Crippen LogP contribution < -0.4 is 5.32 Å². The monoisotopic (exact) mass is 424 g/mol. The fourth-order valence-electron chi connectivity index (χ4n) is 4.27. The van der Waals surface area contributed by atoms with E-state index < -0.39 is 0 Å². The molecule has 0 unspecified atom stereocenters. The molecule has 6 nitrogen and oxygen atoms in total. The minimum Gasteiger partial charge on any atom is -0.353 e. The van der Waals surface area contributed by atoms with Gasteiger partial charge in [-0.1, -0.05) is 6.07 Å². The first-order valence-electron chi connectivity index (χ1n) is 11.2. The molecule has 2 aromatic rings. The normalized spacial score (nSPS) is 15.5. The third-order valence-corrected chi connectivity index (χ3v) is 6.13. The number of rotatable bonds is 7. The predicted molar refractivity (Wildman–Crippen MR) is 125 cm³/mol. The fraction of sp³-hybridized carbons (Fsp3) is 0.520. The van der Waals surface area contributed by atoms with Crippen molar-refractivity contribution in [1.29, 1.82) is 0 Å². The SMILES string of the molecule is Cc1ccc(-n2c(C)cc(C(=O)CN3CCN(CC(=O)NC(C)C)CC3)c2C)cc1C. The summed E-state index contributed by atoms with van der Waals surface area (Å²) in [5.74, 6) is 0.229. The number of hydrogen-bond donors (Lipinski definition) is 1. The molecule has 1 fully saturated rings. The molecule has 0 atom stereocenters. The Kier molecular flexibility index (Phi) is 7.34. The molecule has 0 spiro atoms. The number of carbonyl (C=O) groups is 2. The lowest BCUT2D eigenvalue weighted by Gasteiger charge is -2.34. The van der Waals surface area contributed by atoms with Crippen molar-refractivity contribution in [2.75, 3.05) is 39.3 Å². The quantitative estimate of drug-likeness (QED) is 0.694. The summed E-state index contributed by atoms with van der Waals surface area (Å²) in [4.78, 5) is 29.4. The highest BCUT2D eigenvalue weighted by atomic mass is 16.2. The number of amides is 1. The van der Waals surface area contributed by atoms with Crippen LogP contribution in [0.15, 0.2) is 24.3 Å². The van der Waals surface area contributed by atoms with Gasteiger partial charge in [0.05, 0.1) is 13.1 Å². The number of benzene rings is 1. The van der Waals surface area contributed by atoms with E-state index in [-0.39, 0.29) is 17.7 Å². The molecule has 6 heteroatoms. The number of aryl methyl sites for hydroxylation is 3. The minimum absolute atomic E-state index is 0.0679. The van der Waals surface area contributed by atoms with Crippen molar-refractivity contribution in [3.63, 3.8) is 0 Å². The summed E-state index contributed by atoms with van der Waals surface area (Å²) in [5.41, 5.74) is 6.49. The third kappa shape index (κ3) is 5.63. The molecule has 31 heavy (non-hydrogen) atoms. The first-order chi connectivity index (χ1) is 14.7. The van der Waals surface area contributed by atoms with Gasteiger partial charge in [0.15, 0.2) is 5.78 Å². The highest BCUT2D eigenvalue weighted by Gasteiger charge is 2.23. The number of nitrogens with one attached hydrogen (secondary N) is 1. The predicted octanol–water partition coefficient (Wildman–Crippen LogP) is 3.04. The van der Waals surface area contributed by atoms with Crippen LogP contribution in [0.2, 0.25) is 0 Å². The summed E-state index contributed by atoms with van der Waals surface area (Å²) >= 11 is 0. The van der Waals surface area contributed by atoms with E-state index in [0.29, 0.717) is 13.1 Å². The largest absolute Gasteiger partial charge is 0.353 e. The molecule has 1 aliphatic rings. The summed E-state index contributed by atoms with van der Waals surface area (Å²) in [6, 6.07) is 8.60. The van der Waals surface area contributed by atoms with Gasteiger partial charge in [-0.3, -0.25) is 19.4 Å². The summed E-state index contributed by atoms with van der Waals surface area (Å²) < 4.78 is 2.17. The molecule has 1 aliphatic heterocycles. The summed E-state index contributed by atoms with van der Waals surface area (Å²) in [6.07, 6.45) is 0. The molecule has 1 aromatic heterocycles. The number of Topliss-reactive ketones (excluding diaryl/α,β-unsaturated/α-hetero) is 1. The second-order valence-electron chi connectivity index (χ2n) is 9.09. The third-order valence-electron chi connectivity index (χ3n) is 6.13. The van der Waals surface area contributed by atoms with Crippen molar-refractivity contribution in [2.45, 2.75) is 47.6 Å². The van der Waals surface area contributed by atoms with Crippen molar-refractivity contribution in [1.82, 2.24) is 19.7 Å². The fourth-order valence-corrected chi connectivity index (χ4v) is 4.27. The van der Waals surface area contributed by atoms with Crippen molar-refractivity contribution >= 4 is 11.7 Å². The van der Waals surface area contributed by atoms with Crippen LogP contribution in [0.4, 0.5) is 0 Å². The molecule has 0 bridgehead atoms. The highest BCUT2D eigenvalue weighted by molar-refractivity contribution is 5.99. The summed E-state index contributed by atoms with van der Waals surface area (Å²) in [6.45, 7) is 16.3. The second-order valence-corrected chi connectivity index (χ2v) is 9.09. The smallest absolute Gasteiger partial charge is 0.234 e. The van der Waals surface area contributed by atoms with E-state index >= 15 is 0 Å². The van der Waals surface area contributed by atoms with Crippen LogP contribution >= 0.6 is 0 Å². The number of piperazine rings is 1. The van der Waals surface area contributed by atoms with Gasteiger partial charge in [0.1, 0.15) is 0 Å². The second kappa shape index (κ2) is 9.79. The van der Waals surface area contributed by atoms with Crippen LogP contribution in [-0.2, 0) is 4.79 Å². The van der Waals surface area contributed by atoms with Gasteiger partial charge in [-0.2, -0.15) is 0 Å². The first kappa shape index (κ1) is 23.2. The van der Waals surface area contributed by atoms with E-state index in [0.717, 1.165) is 48.8 Å². The maximum Gasteiger partial charge on any atom is 0.234 e. The number of hydrogen-bond acceptors (Lipinski definition) is 4. The molecule has 1 N–H and O–H groups in total. The van der Waals surface area contributed by atoms with E-state index in [1.165, 1.54) is 11.1 Å². The van der Waals surface area contributed by atoms with Crippen molar-refractivity contribution in [2.24, 2.45) is 0 Å². The van der Waals surface area contributed by atoms with Crippen LogP contribution in [0.25, 0.3) is 5.69 Å². The van der Waals surface area contributed by atoms with E-state index in [1.807, 2.05) is 26.8 Å². The lowest BCUT2D eigenvalue weighted by molar-refractivity contribution is -0.123. The molecule has 1 saturated heterocycles. The number of aromatic nitrogens is 1. The zero-order valence-corrected chi connectivity index (χ0v) is 19.8. The van der Waals surface area contributed by atoms with Gasteiger partial charge in [0.2, 0.25) is 5.91 Å². The van der Waals surface area contributed by atoms with Gasteiger partial charge in [0, 0.05) is 54.9 Å². The van der Waals surface area contributed by atoms with Gasteiger partial charge in [0.25, 0.3) is 0 Å². The topological polar surface area (TPSA) is 57.6 Å². The van der Waals surface area contributed by atoms with Gasteiger partial charge < -0.3 is 9.88 Å². The van der Waals surface area contributed by atoms with E-state index in [4.69, 9.17) is 0 Å². The van der Waals surface area contributed by atoms with Crippen molar-refractivity contribution in [3.8, 4) is 5.69 Å². The van der Waals surface area contributed by atoms with E-state index in [1.54, 1.807) is 0 Å². The highest BCUT2D eigenvalue weighted by Crippen LogP contribution is 2.23. The Balaban J connectivity index is 1.62. The molecule has 168 valence electrons. The Morgan fingerprint density at radius 1 is 0.903 bits per heavy atom. The number of carbonyl (C=O) groups excluding carboxylic acids is 2. The Morgan fingerprint density at radius 3 is 2.10 bits per heavy atom. The lowest BCUT2D eigenvalue weighted by Crippen LogP contribution is -2.51. The molecule has 0 radical (unpaired) electrons. The lowest BCUT2D eigenvalue weighted by atomic mass is 10.1. The Bertz CT molecular complexity index is 953. The Labute approximate surface area is 186 Å². The molecule has 3 rings (SSSR count). The maximum absolute atomic E-state index is 13.1. The van der Waals surface area contributed by atoms with Gasteiger partial charge in [-0.15, -0.1) is 0 Å².